The van der Waals surface area contributed by atoms with Crippen molar-refractivity contribution in [3.8, 4) is 0 Å². The van der Waals surface area contributed by atoms with E-state index in [0.29, 0.717) is 17.5 Å². The lowest BCUT2D eigenvalue weighted by atomic mass is 10.1. The monoisotopic (exact) mass is 302 g/mol. The van der Waals surface area contributed by atoms with Gasteiger partial charge < -0.3 is 15.7 Å². The van der Waals surface area contributed by atoms with Crippen molar-refractivity contribution in [3.63, 3.8) is 0 Å². The van der Waals surface area contributed by atoms with Crippen LogP contribution >= 0.6 is 23.5 Å². The maximum Gasteiger partial charge on any atom is 0.191 e. The van der Waals surface area contributed by atoms with Gasteiger partial charge in [-0.2, -0.15) is 11.8 Å². The molecular weight excluding hydrogens is 280 g/mol. The molecule has 1 unspecified atom stereocenters. The van der Waals surface area contributed by atoms with Crippen LogP contribution in [0.15, 0.2) is 11.2 Å². The van der Waals surface area contributed by atoms with Gasteiger partial charge in [0.05, 0.1) is 5.60 Å². The van der Waals surface area contributed by atoms with Gasteiger partial charge in [-0.05, 0) is 26.4 Å². The predicted octanol–water partition coefficient (Wildman–Crippen LogP) is 2.16. The summed E-state index contributed by atoms with van der Waals surface area (Å²) in [6.45, 7) is 5.12. The molecule has 1 rings (SSSR count). The van der Waals surface area contributed by atoms with Gasteiger partial charge >= 0.3 is 0 Å². The lowest BCUT2D eigenvalue weighted by molar-refractivity contribution is 0.0996. The quantitative estimate of drug-likeness (QED) is 0.502. The number of aliphatic hydroxyl groups is 1. The molecule has 0 bridgehead atoms. The Morgan fingerprint density at radius 2 is 1.89 bits per heavy atom. The molecule has 1 aromatic heterocycles. The standard InChI is InChI=1S/C12H22N4OS2/c1-5-13-9-6-10(16-11(15-9)19-4)14-7-12(2,17)8-18-3/h6,17H,5,7-8H2,1-4H3,(H2,13,14,15,16). The van der Waals surface area contributed by atoms with Crippen molar-refractivity contribution in [3.05, 3.63) is 6.07 Å². The number of nitrogens with zero attached hydrogens (tertiary/aromatic N) is 2. The summed E-state index contributed by atoms with van der Waals surface area (Å²) in [7, 11) is 0. The van der Waals surface area contributed by atoms with Crippen LogP contribution in [-0.4, -0.2) is 52.0 Å². The second-order valence-corrected chi connectivity index (χ2v) is 6.08. The maximum atomic E-state index is 10.1. The Labute approximate surface area is 123 Å². The number of hydrogen-bond acceptors (Lipinski definition) is 7. The summed E-state index contributed by atoms with van der Waals surface area (Å²) in [5.41, 5.74) is -0.748. The Morgan fingerprint density at radius 3 is 2.42 bits per heavy atom. The molecule has 1 atom stereocenters. The normalized spacial score (nSPS) is 13.9. The molecule has 0 radical (unpaired) electrons. The van der Waals surface area contributed by atoms with E-state index >= 15 is 0 Å². The van der Waals surface area contributed by atoms with Crippen LogP contribution in [-0.2, 0) is 0 Å². The van der Waals surface area contributed by atoms with Gasteiger partial charge in [0.25, 0.3) is 0 Å². The van der Waals surface area contributed by atoms with Crippen LogP contribution in [0.2, 0.25) is 0 Å². The molecule has 0 fully saturated rings. The van der Waals surface area contributed by atoms with E-state index < -0.39 is 5.60 Å². The van der Waals surface area contributed by atoms with Gasteiger partial charge in [0.1, 0.15) is 11.6 Å². The molecule has 5 nitrogen and oxygen atoms in total. The number of nitrogens with one attached hydrogen (secondary N) is 2. The van der Waals surface area contributed by atoms with E-state index in [-0.39, 0.29) is 0 Å². The average molecular weight is 302 g/mol. The third kappa shape index (κ3) is 5.88. The SMILES string of the molecule is CCNc1cc(NCC(C)(O)CSC)nc(SC)n1. The number of hydrogen-bond donors (Lipinski definition) is 3. The Balaban J connectivity index is 2.74. The smallest absolute Gasteiger partial charge is 0.191 e. The zero-order chi connectivity index (χ0) is 14.3. The fraction of sp³-hybridized carbons (Fsp3) is 0.667. The van der Waals surface area contributed by atoms with Gasteiger partial charge in [0.2, 0.25) is 0 Å². The van der Waals surface area contributed by atoms with Crippen LogP contribution in [0.1, 0.15) is 13.8 Å². The van der Waals surface area contributed by atoms with Crippen molar-refractivity contribution in [2.75, 3.05) is 42.0 Å². The highest BCUT2D eigenvalue weighted by Gasteiger charge is 2.19. The molecule has 3 N–H and O–H groups in total. The molecule has 0 amide bonds. The van der Waals surface area contributed by atoms with Gasteiger partial charge in [-0.1, -0.05) is 11.8 Å². The summed E-state index contributed by atoms with van der Waals surface area (Å²) in [6.07, 6.45) is 3.92. The molecule has 0 aliphatic rings. The fourth-order valence-electron chi connectivity index (χ4n) is 1.52. The van der Waals surface area contributed by atoms with Crippen molar-refractivity contribution in [2.45, 2.75) is 24.6 Å². The second-order valence-electron chi connectivity index (χ2n) is 4.44. The van der Waals surface area contributed by atoms with Crippen molar-refractivity contribution in [2.24, 2.45) is 0 Å². The highest BCUT2D eigenvalue weighted by Crippen LogP contribution is 2.18. The summed E-state index contributed by atoms with van der Waals surface area (Å²) >= 11 is 3.12. The molecule has 0 saturated heterocycles. The van der Waals surface area contributed by atoms with E-state index in [1.807, 2.05) is 32.4 Å². The minimum atomic E-state index is -0.748. The lowest BCUT2D eigenvalue weighted by Crippen LogP contribution is -2.36. The van der Waals surface area contributed by atoms with E-state index in [1.54, 1.807) is 11.8 Å². The summed E-state index contributed by atoms with van der Waals surface area (Å²) in [4.78, 5) is 8.74. The Kier molecular flexibility index (Phi) is 6.74. The Morgan fingerprint density at radius 1 is 1.26 bits per heavy atom. The zero-order valence-electron chi connectivity index (χ0n) is 11.9. The van der Waals surface area contributed by atoms with Gasteiger partial charge in [-0.3, -0.25) is 0 Å². The third-order valence-electron chi connectivity index (χ3n) is 2.35. The Bertz CT molecular complexity index is 401. The van der Waals surface area contributed by atoms with Crippen LogP contribution in [0.5, 0.6) is 0 Å². The van der Waals surface area contributed by atoms with Crippen molar-refractivity contribution in [1.29, 1.82) is 0 Å². The summed E-state index contributed by atoms with van der Waals surface area (Å²) < 4.78 is 0. The minimum Gasteiger partial charge on any atom is -0.387 e. The number of aromatic nitrogens is 2. The van der Waals surface area contributed by atoms with Crippen LogP contribution < -0.4 is 10.6 Å². The molecule has 0 saturated carbocycles. The number of rotatable bonds is 8. The largest absolute Gasteiger partial charge is 0.387 e. The van der Waals surface area contributed by atoms with Gasteiger partial charge in [-0.25, -0.2) is 9.97 Å². The molecule has 1 aromatic rings. The molecule has 0 aliphatic heterocycles. The second kappa shape index (κ2) is 7.81. The van der Waals surface area contributed by atoms with Gasteiger partial charge in [-0.15, -0.1) is 0 Å². The topological polar surface area (TPSA) is 70.1 Å². The van der Waals surface area contributed by atoms with E-state index in [4.69, 9.17) is 0 Å². The summed E-state index contributed by atoms with van der Waals surface area (Å²) in [6, 6.07) is 1.86. The first-order valence-corrected chi connectivity index (χ1v) is 8.74. The van der Waals surface area contributed by atoms with Crippen molar-refractivity contribution < 1.29 is 5.11 Å². The van der Waals surface area contributed by atoms with Crippen LogP contribution in [0, 0.1) is 0 Å². The van der Waals surface area contributed by atoms with Crippen LogP contribution in [0.3, 0.4) is 0 Å². The molecule has 108 valence electrons. The van der Waals surface area contributed by atoms with E-state index in [2.05, 4.69) is 20.6 Å². The van der Waals surface area contributed by atoms with E-state index in [9.17, 15) is 5.11 Å². The highest BCUT2D eigenvalue weighted by atomic mass is 32.2. The first-order chi connectivity index (χ1) is 9.00. The lowest BCUT2D eigenvalue weighted by Gasteiger charge is -2.23. The molecular formula is C12H22N4OS2. The first kappa shape index (κ1) is 16.4. The third-order valence-corrected chi connectivity index (χ3v) is 3.81. The van der Waals surface area contributed by atoms with Crippen LogP contribution in [0.4, 0.5) is 11.6 Å². The predicted molar refractivity (Wildman–Crippen MR) is 85.5 cm³/mol. The van der Waals surface area contributed by atoms with Crippen LogP contribution in [0.25, 0.3) is 0 Å². The molecule has 0 spiro atoms. The molecule has 19 heavy (non-hydrogen) atoms. The zero-order valence-corrected chi connectivity index (χ0v) is 13.5. The van der Waals surface area contributed by atoms with E-state index in [1.165, 1.54) is 11.8 Å². The molecule has 0 aromatic carbocycles. The highest BCUT2D eigenvalue weighted by molar-refractivity contribution is 7.98. The molecule has 0 aliphatic carbocycles. The van der Waals surface area contributed by atoms with Crippen molar-refractivity contribution >= 4 is 35.2 Å². The van der Waals surface area contributed by atoms with Gasteiger partial charge in [0, 0.05) is 24.9 Å². The summed E-state index contributed by atoms with van der Waals surface area (Å²) in [5, 5.41) is 17.2. The fourth-order valence-corrected chi connectivity index (χ4v) is 2.62. The number of anilines is 2. The maximum absolute atomic E-state index is 10.1. The Hall–Kier alpha value is -0.660. The first-order valence-electron chi connectivity index (χ1n) is 6.13. The molecule has 7 heteroatoms. The average Bonchev–Trinajstić information content (AvgIpc) is 2.36. The summed E-state index contributed by atoms with van der Waals surface area (Å²) in [5.74, 6) is 2.21. The van der Waals surface area contributed by atoms with Gasteiger partial charge in [0.15, 0.2) is 5.16 Å². The van der Waals surface area contributed by atoms with E-state index in [0.717, 1.165) is 18.2 Å². The molecule has 1 heterocycles. The minimum absolute atomic E-state index is 0.463. The number of thioether (sulfide) groups is 2. The van der Waals surface area contributed by atoms with Crippen molar-refractivity contribution in [1.82, 2.24) is 9.97 Å².